The first-order valence-corrected chi connectivity index (χ1v) is 11.3. The van der Waals surface area contributed by atoms with E-state index in [4.69, 9.17) is 5.84 Å². The Morgan fingerprint density at radius 1 is 0.724 bits per heavy atom. The molecule has 150 valence electrons. The van der Waals surface area contributed by atoms with Crippen molar-refractivity contribution in [2.45, 2.75) is 29.1 Å². The third-order valence-corrected chi connectivity index (χ3v) is 7.10. The number of rotatable bonds is 5. The van der Waals surface area contributed by atoms with E-state index >= 15 is 0 Å². The predicted molar refractivity (Wildman–Crippen MR) is 117 cm³/mol. The third-order valence-electron chi connectivity index (χ3n) is 5.32. The smallest absolute Gasteiger partial charge is 0.206 e. The van der Waals surface area contributed by atoms with Gasteiger partial charge < -0.3 is 4.90 Å². The van der Waals surface area contributed by atoms with Gasteiger partial charge in [0.1, 0.15) is 0 Å². The summed E-state index contributed by atoms with van der Waals surface area (Å²) in [6.45, 7) is 2.05. The molecular weight excluding hydrogens is 382 g/mol. The van der Waals surface area contributed by atoms with Gasteiger partial charge in [0.15, 0.2) is 0 Å². The van der Waals surface area contributed by atoms with Gasteiger partial charge in [0.2, 0.25) is 9.84 Å². The van der Waals surface area contributed by atoms with Crippen molar-refractivity contribution >= 4 is 26.9 Å². The second-order valence-corrected chi connectivity index (χ2v) is 9.17. The predicted octanol–water partition coefficient (Wildman–Crippen LogP) is 4.52. The Labute approximate surface area is 172 Å². The summed E-state index contributed by atoms with van der Waals surface area (Å²) in [5, 5.41) is 1.63. The molecule has 29 heavy (non-hydrogen) atoms. The SMILES string of the molecule is NN(c1ccc(S(=O)(=O)c2ccccc2)cc1)c1ccccc1N1CCCCC1. The number of hydrogen-bond donors (Lipinski definition) is 1. The summed E-state index contributed by atoms with van der Waals surface area (Å²) in [5.74, 6) is 6.45. The van der Waals surface area contributed by atoms with Crippen LogP contribution < -0.4 is 15.8 Å². The van der Waals surface area contributed by atoms with Crippen molar-refractivity contribution in [2.24, 2.45) is 5.84 Å². The van der Waals surface area contributed by atoms with E-state index < -0.39 is 9.84 Å². The molecule has 1 fully saturated rings. The highest BCUT2D eigenvalue weighted by molar-refractivity contribution is 7.91. The molecule has 0 aliphatic carbocycles. The molecule has 0 atom stereocenters. The van der Waals surface area contributed by atoms with Crippen LogP contribution in [0.5, 0.6) is 0 Å². The number of anilines is 3. The van der Waals surface area contributed by atoms with Gasteiger partial charge >= 0.3 is 0 Å². The fraction of sp³-hybridized carbons (Fsp3) is 0.217. The van der Waals surface area contributed by atoms with E-state index in [1.807, 2.05) is 18.2 Å². The Bertz CT molecular complexity index is 1060. The second kappa shape index (κ2) is 8.27. The first kappa shape index (κ1) is 19.5. The van der Waals surface area contributed by atoms with E-state index in [2.05, 4.69) is 11.0 Å². The largest absolute Gasteiger partial charge is 0.370 e. The van der Waals surface area contributed by atoms with E-state index in [9.17, 15) is 8.42 Å². The molecule has 3 aromatic rings. The van der Waals surface area contributed by atoms with Gasteiger partial charge in [0.05, 0.1) is 26.9 Å². The lowest BCUT2D eigenvalue weighted by molar-refractivity contribution is 0.578. The monoisotopic (exact) mass is 407 g/mol. The summed E-state index contributed by atoms with van der Waals surface area (Å²) in [6, 6.07) is 23.3. The van der Waals surface area contributed by atoms with Crippen LogP contribution in [-0.2, 0) is 9.84 Å². The van der Waals surface area contributed by atoms with Gasteiger partial charge in [-0.2, -0.15) is 0 Å². The zero-order chi connectivity index (χ0) is 20.3. The van der Waals surface area contributed by atoms with E-state index in [1.54, 1.807) is 59.6 Å². The minimum Gasteiger partial charge on any atom is -0.370 e. The molecule has 0 saturated carbocycles. The molecule has 4 rings (SSSR count). The minimum atomic E-state index is -3.54. The molecule has 0 radical (unpaired) electrons. The van der Waals surface area contributed by atoms with Crippen molar-refractivity contribution in [2.75, 3.05) is 23.0 Å². The first-order valence-electron chi connectivity index (χ1n) is 9.86. The molecule has 1 heterocycles. The van der Waals surface area contributed by atoms with Gasteiger partial charge in [-0.25, -0.2) is 14.3 Å². The molecule has 0 unspecified atom stereocenters. The topological polar surface area (TPSA) is 66.6 Å². The summed E-state index contributed by atoms with van der Waals surface area (Å²) in [7, 11) is -3.54. The van der Waals surface area contributed by atoms with Crippen molar-refractivity contribution < 1.29 is 8.42 Å². The summed E-state index contributed by atoms with van der Waals surface area (Å²) in [6.07, 6.45) is 3.64. The lowest BCUT2D eigenvalue weighted by Crippen LogP contribution is -2.33. The number of hydrogen-bond acceptors (Lipinski definition) is 5. The average Bonchev–Trinajstić information content (AvgIpc) is 2.80. The van der Waals surface area contributed by atoms with Crippen molar-refractivity contribution in [3.05, 3.63) is 78.9 Å². The van der Waals surface area contributed by atoms with E-state index in [0.29, 0.717) is 0 Å². The fourth-order valence-corrected chi connectivity index (χ4v) is 5.01. The van der Waals surface area contributed by atoms with Crippen molar-refractivity contribution in [1.82, 2.24) is 0 Å². The van der Waals surface area contributed by atoms with Crippen LogP contribution in [0.15, 0.2) is 88.7 Å². The van der Waals surface area contributed by atoms with Crippen LogP contribution in [0.1, 0.15) is 19.3 Å². The molecule has 0 bridgehead atoms. The second-order valence-electron chi connectivity index (χ2n) is 7.22. The van der Waals surface area contributed by atoms with Crippen LogP contribution in [0, 0.1) is 0 Å². The summed E-state index contributed by atoms with van der Waals surface area (Å²) < 4.78 is 25.6. The summed E-state index contributed by atoms with van der Waals surface area (Å²) in [5.41, 5.74) is 2.75. The van der Waals surface area contributed by atoms with E-state index in [0.717, 1.165) is 30.2 Å². The van der Waals surface area contributed by atoms with Gasteiger partial charge in [-0.3, -0.25) is 5.01 Å². The van der Waals surface area contributed by atoms with Gasteiger partial charge in [0.25, 0.3) is 0 Å². The third kappa shape index (κ3) is 3.99. The zero-order valence-corrected chi connectivity index (χ0v) is 17.1. The van der Waals surface area contributed by atoms with Crippen LogP contribution in [-0.4, -0.2) is 21.5 Å². The van der Waals surface area contributed by atoms with Crippen LogP contribution in [0.25, 0.3) is 0 Å². The Hall–Kier alpha value is -2.83. The average molecular weight is 408 g/mol. The normalized spacial score (nSPS) is 14.6. The Morgan fingerprint density at radius 2 is 1.31 bits per heavy atom. The highest BCUT2D eigenvalue weighted by Crippen LogP contribution is 2.34. The molecule has 0 aromatic heterocycles. The quantitative estimate of drug-likeness (QED) is 0.497. The molecular formula is C23H25N3O2S. The fourth-order valence-electron chi connectivity index (χ4n) is 3.73. The number of para-hydroxylation sites is 2. The number of nitrogens with two attached hydrogens (primary N) is 1. The minimum absolute atomic E-state index is 0.255. The maximum absolute atomic E-state index is 12.8. The lowest BCUT2D eigenvalue weighted by atomic mass is 10.1. The molecule has 6 heteroatoms. The standard InChI is InChI=1S/C23H25N3O2S/c24-26(23-12-6-5-11-22(23)25-17-7-2-8-18-25)19-13-15-21(16-14-19)29(27,28)20-9-3-1-4-10-20/h1,3-6,9-16H,2,7-8,17-18,24H2. The van der Waals surface area contributed by atoms with Crippen LogP contribution in [0.3, 0.4) is 0 Å². The molecule has 0 amide bonds. The van der Waals surface area contributed by atoms with Crippen LogP contribution >= 0.6 is 0 Å². The number of benzene rings is 3. The summed E-state index contributed by atoms with van der Waals surface area (Å²) >= 11 is 0. The van der Waals surface area contributed by atoms with Crippen molar-refractivity contribution in [3.8, 4) is 0 Å². The van der Waals surface area contributed by atoms with Crippen LogP contribution in [0.2, 0.25) is 0 Å². The van der Waals surface area contributed by atoms with Gasteiger partial charge in [-0.1, -0.05) is 30.3 Å². The molecule has 1 aliphatic heterocycles. The van der Waals surface area contributed by atoms with Gasteiger partial charge in [-0.15, -0.1) is 0 Å². The highest BCUT2D eigenvalue weighted by Gasteiger charge is 2.20. The Balaban J connectivity index is 1.62. The number of sulfone groups is 1. The highest BCUT2D eigenvalue weighted by atomic mass is 32.2. The van der Waals surface area contributed by atoms with E-state index in [1.165, 1.54) is 19.3 Å². The first-order chi connectivity index (χ1) is 14.1. The Kier molecular flexibility index (Phi) is 5.56. The van der Waals surface area contributed by atoms with Crippen molar-refractivity contribution in [3.63, 3.8) is 0 Å². The number of hydrazine groups is 1. The molecule has 2 N–H and O–H groups in total. The van der Waals surface area contributed by atoms with E-state index in [-0.39, 0.29) is 9.79 Å². The van der Waals surface area contributed by atoms with Gasteiger partial charge in [-0.05, 0) is 67.8 Å². The molecule has 5 nitrogen and oxygen atoms in total. The Morgan fingerprint density at radius 3 is 2.00 bits per heavy atom. The maximum atomic E-state index is 12.8. The molecule has 1 aliphatic rings. The number of piperidine rings is 1. The molecule has 0 spiro atoms. The number of nitrogens with zero attached hydrogens (tertiary/aromatic N) is 2. The summed E-state index contributed by atoms with van der Waals surface area (Å²) in [4.78, 5) is 2.91. The van der Waals surface area contributed by atoms with Crippen molar-refractivity contribution in [1.29, 1.82) is 0 Å². The maximum Gasteiger partial charge on any atom is 0.206 e. The van der Waals surface area contributed by atoms with Gasteiger partial charge in [0, 0.05) is 13.1 Å². The molecule has 1 saturated heterocycles. The van der Waals surface area contributed by atoms with Crippen LogP contribution in [0.4, 0.5) is 17.1 Å². The lowest BCUT2D eigenvalue weighted by Gasteiger charge is -2.32. The zero-order valence-electron chi connectivity index (χ0n) is 16.2. The molecule has 3 aromatic carbocycles.